The molecule has 0 spiro atoms. The van der Waals surface area contributed by atoms with Gasteiger partial charge in [0.05, 0.1) is 5.56 Å². The first-order valence-corrected chi connectivity index (χ1v) is 10.9. The maximum absolute atomic E-state index is 12.8. The Morgan fingerprint density at radius 3 is 2.13 bits per heavy atom. The fraction of sp³-hybridized carbons (Fsp3) is 0.440. The molecule has 1 atom stereocenters. The van der Waals surface area contributed by atoms with Crippen molar-refractivity contribution in [2.24, 2.45) is 5.92 Å². The molecule has 0 aromatic heterocycles. The van der Waals surface area contributed by atoms with Gasteiger partial charge in [-0.05, 0) is 56.4 Å². The fourth-order valence-electron chi connectivity index (χ4n) is 3.75. The lowest BCUT2D eigenvalue weighted by Gasteiger charge is -2.35. The van der Waals surface area contributed by atoms with E-state index in [4.69, 9.17) is 0 Å². The summed E-state index contributed by atoms with van der Waals surface area (Å²) in [6.45, 7) is 9.82. The van der Waals surface area contributed by atoms with Crippen LogP contribution in [-0.4, -0.2) is 37.0 Å². The number of carbonyl (C=O) groups excluding carboxylic acids is 2. The van der Waals surface area contributed by atoms with Crippen molar-refractivity contribution in [3.63, 3.8) is 0 Å². The van der Waals surface area contributed by atoms with E-state index in [9.17, 15) is 9.59 Å². The summed E-state index contributed by atoms with van der Waals surface area (Å²) in [5.74, 6) is 0.351. The van der Waals surface area contributed by atoms with Crippen LogP contribution in [0.1, 0.15) is 59.9 Å². The fourth-order valence-corrected chi connectivity index (χ4v) is 3.75. The molecule has 0 bridgehead atoms. The van der Waals surface area contributed by atoms with E-state index in [0.29, 0.717) is 11.5 Å². The molecule has 3 rings (SSSR count). The first-order chi connectivity index (χ1) is 14.4. The third-order valence-corrected chi connectivity index (χ3v) is 6.07. The number of nitrogens with one attached hydrogen (secondary N) is 2. The van der Waals surface area contributed by atoms with Crippen LogP contribution in [-0.2, 0) is 0 Å². The van der Waals surface area contributed by atoms with Gasteiger partial charge in [0.15, 0.2) is 0 Å². The molecule has 1 heterocycles. The smallest absolute Gasteiger partial charge is 0.253 e. The first-order valence-electron chi connectivity index (χ1n) is 10.9. The molecule has 0 saturated carbocycles. The van der Waals surface area contributed by atoms with E-state index in [1.165, 1.54) is 0 Å². The third-order valence-electron chi connectivity index (χ3n) is 6.07. The number of anilines is 1. The lowest BCUT2D eigenvalue weighted by Crippen LogP contribution is -2.45. The average molecular weight is 408 g/mol. The number of amides is 2. The Morgan fingerprint density at radius 1 is 0.900 bits per heavy atom. The van der Waals surface area contributed by atoms with Gasteiger partial charge in [0.1, 0.15) is 0 Å². The van der Waals surface area contributed by atoms with Gasteiger partial charge >= 0.3 is 0 Å². The average Bonchev–Trinajstić information content (AvgIpc) is 2.74. The second kappa shape index (κ2) is 9.79. The van der Waals surface area contributed by atoms with Gasteiger partial charge in [-0.2, -0.15) is 0 Å². The van der Waals surface area contributed by atoms with Crippen molar-refractivity contribution >= 4 is 17.5 Å². The highest BCUT2D eigenvalue weighted by atomic mass is 16.2. The van der Waals surface area contributed by atoms with Crippen molar-refractivity contribution in [1.82, 2.24) is 10.6 Å². The first kappa shape index (κ1) is 21.9. The third kappa shape index (κ3) is 5.21. The van der Waals surface area contributed by atoms with Crippen molar-refractivity contribution in [3.8, 4) is 0 Å². The summed E-state index contributed by atoms with van der Waals surface area (Å²) in [4.78, 5) is 27.7. The molecule has 1 aliphatic rings. The van der Waals surface area contributed by atoms with Crippen LogP contribution < -0.4 is 15.5 Å². The topological polar surface area (TPSA) is 61.4 Å². The van der Waals surface area contributed by atoms with E-state index in [0.717, 1.165) is 42.7 Å². The standard InChI is InChI=1S/C25H33N3O2/c1-17(2)19(4)26-25(30)22-11-7-8-12-23(22)28-15-13-20(14-16-28)27-24(29)21-10-6-5-9-18(21)3/h5-12,17,19-20H,13-16H2,1-4H3,(H,26,30)(H,27,29)/t19-/m0/s1. The highest BCUT2D eigenvalue weighted by Crippen LogP contribution is 2.25. The predicted molar refractivity (Wildman–Crippen MR) is 122 cm³/mol. The molecule has 160 valence electrons. The summed E-state index contributed by atoms with van der Waals surface area (Å²) in [5.41, 5.74) is 3.41. The minimum Gasteiger partial charge on any atom is -0.371 e. The van der Waals surface area contributed by atoms with E-state index >= 15 is 0 Å². The normalized spacial score (nSPS) is 15.7. The number of piperidine rings is 1. The zero-order valence-corrected chi connectivity index (χ0v) is 18.4. The summed E-state index contributed by atoms with van der Waals surface area (Å²) in [5, 5.41) is 6.29. The largest absolute Gasteiger partial charge is 0.371 e. The Bertz CT molecular complexity index is 885. The Balaban J connectivity index is 1.62. The van der Waals surface area contributed by atoms with Crippen LogP contribution in [0.2, 0.25) is 0 Å². The van der Waals surface area contributed by atoms with Crippen LogP contribution in [0.5, 0.6) is 0 Å². The Kier molecular flexibility index (Phi) is 7.14. The van der Waals surface area contributed by atoms with Crippen LogP contribution in [0.15, 0.2) is 48.5 Å². The van der Waals surface area contributed by atoms with Gasteiger partial charge in [0, 0.05) is 36.4 Å². The monoisotopic (exact) mass is 407 g/mol. The SMILES string of the molecule is Cc1ccccc1C(=O)NC1CCN(c2ccccc2C(=O)N[C@@H](C)C(C)C)CC1. The van der Waals surface area contributed by atoms with Crippen molar-refractivity contribution in [2.75, 3.05) is 18.0 Å². The summed E-state index contributed by atoms with van der Waals surface area (Å²) in [6, 6.07) is 15.7. The summed E-state index contributed by atoms with van der Waals surface area (Å²) < 4.78 is 0. The van der Waals surface area contributed by atoms with Gasteiger partial charge in [-0.25, -0.2) is 0 Å². The van der Waals surface area contributed by atoms with Crippen LogP contribution in [0, 0.1) is 12.8 Å². The summed E-state index contributed by atoms with van der Waals surface area (Å²) in [6.07, 6.45) is 1.71. The van der Waals surface area contributed by atoms with Gasteiger partial charge in [0.25, 0.3) is 11.8 Å². The molecule has 2 N–H and O–H groups in total. The molecule has 30 heavy (non-hydrogen) atoms. The van der Waals surface area contributed by atoms with Gasteiger partial charge < -0.3 is 15.5 Å². The van der Waals surface area contributed by atoms with Crippen molar-refractivity contribution in [3.05, 3.63) is 65.2 Å². The minimum absolute atomic E-state index is 0.00555. The van der Waals surface area contributed by atoms with Crippen molar-refractivity contribution in [2.45, 2.75) is 52.6 Å². The summed E-state index contributed by atoms with van der Waals surface area (Å²) >= 11 is 0. The molecule has 0 aliphatic carbocycles. The van der Waals surface area contributed by atoms with Crippen molar-refractivity contribution < 1.29 is 9.59 Å². The Labute approximate surface area is 179 Å². The van der Waals surface area contributed by atoms with Crippen LogP contribution in [0.3, 0.4) is 0 Å². The highest BCUT2D eigenvalue weighted by molar-refractivity contribution is 6.00. The second-order valence-electron chi connectivity index (χ2n) is 8.57. The van der Waals surface area contributed by atoms with E-state index in [1.807, 2.05) is 62.4 Å². The van der Waals surface area contributed by atoms with Gasteiger partial charge in [-0.15, -0.1) is 0 Å². The number of hydrogen-bond donors (Lipinski definition) is 2. The molecule has 2 aromatic carbocycles. The van der Waals surface area contributed by atoms with E-state index in [-0.39, 0.29) is 23.9 Å². The Hall–Kier alpha value is -2.82. The number of para-hydroxylation sites is 1. The van der Waals surface area contributed by atoms with Crippen LogP contribution in [0.25, 0.3) is 0 Å². The number of nitrogens with zero attached hydrogens (tertiary/aromatic N) is 1. The van der Waals surface area contributed by atoms with E-state index in [1.54, 1.807) is 0 Å². The molecular formula is C25H33N3O2. The zero-order valence-electron chi connectivity index (χ0n) is 18.4. The molecule has 1 aliphatic heterocycles. The van der Waals surface area contributed by atoms with Crippen LogP contribution in [0.4, 0.5) is 5.69 Å². The zero-order chi connectivity index (χ0) is 21.7. The quantitative estimate of drug-likeness (QED) is 0.756. The highest BCUT2D eigenvalue weighted by Gasteiger charge is 2.25. The maximum Gasteiger partial charge on any atom is 0.253 e. The number of benzene rings is 2. The Morgan fingerprint density at radius 2 is 1.50 bits per heavy atom. The minimum atomic E-state index is -0.0261. The molecule has 2 aromatic rings. The van der Waals surface area contributed by atoms with Crippen LogP contribution >= 0.6 is 0 Å². The molecule has 0 unspecified atom stereocenters. The number of hydrogen-bond acceptors (Lipinski definition) is 3. The number of rotatable bonds is 6. The molecule has 1 fully saturated rings. The molecule has 5 nitrogen and oxygen atoms in total. The predicted octanol–water partition coefficient (Wildman–Crippen LogP) is 4.17. The molecule has 5 heteroatoms. The molecular weight excluding hydrogens is 374 g/mol. The van der Waals surface area contributed by atoms with Gasteiger partial charge in [0.2, 0.25) is 0 Å². The maximum atomic E-state index is 12.8. The second-order valence-corrected chi connectivity index (χ2v) is 8.57. The number of carbonyl (C=O) groups is 2. The lowest BCUT2D eigenvalue weighted by molar-refractivity contribution is 0.0924. The van der Waals surface area contributed by atoms with Crippen molar-refractivity contribution in [1.29, 1.82) is 0 Å². The molecule has 1 saturated heterocycles. The van der Waals surface area contributed by atoms with Gasteiger partial charge in [-0.3, -0.25) is 9.59 Å². The molecule has 2 amide bonds. The van der Waals surface area contributed by atoms with E-state index in [2.05, 4.69) is 29.4 Å². The lowest BCUT2D eigenvalue weighted by atomic mass is 10.0. The van der Waals surface area contributed by atoms with Gasteiger partial charge in [-0.1, -0.05) is 44.2 Å². The summed E-state index contributed by atoms with van der Waals surface area (Å²) in [7, 11) is 0. The number of aryl methyl sites for hydroxylation is 1. The van der Waals surface area contributed by atoms with E-state index < -0.39 is 0 Å². The molecule has 0 radical (unpaired) electrons.